The Hall–Kier alpha value is -2.47. The van der Waals surface area contributed by atoms with E-state index in [1.807, 2.05) is 0 Å². The van der Waals surface area contributed by atoms with E-state index in [1.165, 1.54) is 12.2 Å². The molecule has 0 amide bonds. The molecule has 0 aromatic heterocycles. The fraction of sp³-hybridized carbons (Fsp3) is 0.353. The summed E-state index contributed by atoms with van der Waals surface area (Å²) in [5.74, 6) is -4.39. The van der Waals surface area contributed by atoms with Crippen molar-refractivity contribution in [3.63, 3.8) is 0 Å². The van der Waals surface area contributed by atoms with Crippen molar-refractivity contribution in [1.29, 1.82) is 0 Å². The molecular weight excluding hydrogens is 300 g/mol. The van der Waals surface area contributed by atoms with Crippen molar-refractivity contribution in [3.05, 3.63) is 48.0 Å². The highest BCUT2D eigenvalue weighted by molar-refractivity contribution is 6.06. The Morgan fingerprint density at radius 3 is 2.61 bits per heavy atom. The van der Waals surface area contributed by atoms with Crippen molar-refractivity contribution in [2.75, 3.05) is 6.61 Å². The molecule has 2 aliphatic heterocycles. The zero-order valence-corrected chi connectivity index (χ0v) is 12.5. The molecule has 2 bridgehead atoms. The number of esters is 2. The van der Waals surface area contributed by atoms with Crippen LogP contribution >= 0.6 is 0 Å². The summed E-state index contributed by atoms with van der Waals surface area (Å²) in [4.78, 5) is 37.1. The first-order chi connectivity index (χ1) is 11.0. The normalized spacial score (nSPS) is 31.6. The maximum absolute atomic E-state index is 12.9. The molecule has 23 heavy (non-hydrogen) atoms. The highest BCUT2D eigenvalue weighted by Crippen LogP contribution is 2.43. The number of hydrogen-bond acceptors (Lipinski definition) is 6. The van der Waals surface area contributed by atoms with Gasteiger partial charge in [-0.3, -0.25) is 9.59 Å². The first-order valence-corrected chi connectivity index (χ1v) is 7.37. The molecular formula is C17H16O6. The SMILES string of the molecule is CCOC(=O)[C@@H]1[C@@H](C(=O)c2ccccc2)[C@]2(O)C=C[C@H]1OC2=O. The molecule has 0 radical (unpaired) electrons. The molecule has 0 unspecified atom stereocenters. The van der Waals surface area contributed by atoms with E-state index in [9.17, 15) is 19.5 Å². The van der Waals surface area contributed by atoms with Gasteiger partial charge in [0.25, 0.3) is 0 Å². The molecule has 1 aromatic rings. The lowest BCUT2D eigenvalue weighted by molar-refractivity contribution is -0.196. The number of carbonyl (C=O) groups excluding carboxylic acids is 3. The van der Waals surface area contributed by atoms with Gasteiger partial charge in [0.15, 0.2) is 11.4 Å². The predicted molar refractivity (Wildman–Crippen MR) is 78.4 cm³/mol. The van der Waals surface area contributed by atoms with Gasteiger partial charge in [0.05, 0.1) is 12.5 Å². The molecule has 4 rings (SSSR count). The van der Waals surface area contributed by atoms with Gasteiger partial charge in [0, 0.05) is 5.56 Å². The molecule has 0 spiro atoms. The van der Waals surface area contributed by atoms with Crippen molar-refractivity contribution < 1.29 is 29.0 Å². The Bertz CT molecular complexity index is 680. The van der Waals surface area contributed by atoms with Crippen LogP contribution in [-0.4, -0.2) is 41.1 Å². The monoisotopic (exact) mass is 316 g/mol. The topological polar surface area (TPSA) is 89.9 Å². The fourth-order valence-electron chi connectivity index (χ4n) is 3.11. The molecule has 3 aliphatic rings. The lowest BCUT2D eigenvalue weighted by atomic mass is 9.66. The second-order valence-electron chi connectivity index (χ2n) is 5.54. The molecule has 1 fully saturated rings. The summed E-state index contributed by atoms with van der Waals surface area (Å²) in [6.45, 7) is 1.77. The van der Waals surface area contributed by atoms with Crippen LogP contribution in [0.25, 0.3) is 0 Å². The van der Waals surface area contributed by atoms with Gasteiger partial charge in [-0.05, 0) is 19.1 Å². The van der Waals surface area contributed by atoms with Crippen LogP contribution in [0.1, 0.15) is 17.3 Å². The Morgan fingerprint density at radius 1 is 1.30 bits per heavy atom. The molecule has 6 heteroatoms. The van der Waals surface area contributed by atoms with Gasteiger partial charge in [0.2, 0.25) is 0 Å². The minimum absolute atomic E-state index is 0.129. The van der Waals surface area contributed by atoms with E-state index in [4.69, 9.17) is 9.47 Å². The van der Waals surface area contributed by atoms with Gasteiger partial charge in [0.1, 0.15) is 12.0 Å². The second-order valence-corrected chi connectivity index (χ2v) is 5.54. The zero-order valence-electron chi connectivity index (χ0n) is 12.5. The largest absolute Gasteiger partial charge is 0.466 e. The molecule has 4 atom stereocenters. The number of Topliss-reactive ketones (excluding diaryl/α,β-unsaturated/α-hetero) is 1. The van der Waals surface area contributed by atoms with E-state index in [2.05, 4.69) is 0 Å². The molecule has 1 N–H and O–H groups in total. The van der Waals surface area contributed by atoms with Crippen LogP contribution in [-0.2, 0) is 19.1 Å². The minimum atomic E-state index is -2.15. The third-order valence-electron chi connectivity index (χ3n) is 4.20. The quantitative estimate of drug-likeness (QED) is 0.504. The lowest BCUT2D eigenvalue weighted by Gasteiger charge is -2.45. The smallest absolute Gasteiger partial charge is 0.343 e. The van der Waals surface area contributed by atoms with Crippen LogP contribution in [0.3, 0.4) is 0 Å². The van der Waals surface area contributed by atoms with Crippen molar-refractivity contribution in [2.45, 2.75) is 18.6 Å². The third-order valence-corrected chi connectivity index (χ3v) is 4.20. The standard InChI is InChI=1S/C17H16O6/c1-2-22-15(19)12-11-8-9-17(21,16(20)23-11)13(12)14(18)10-6-4-3-5-7-10/h3-9,11-13,21H,2H2,1H3/t11-,12+,13+,17-/m1/s1. The predicted octanol–water partition coefficient (Wildman–Crippen LogP) is 0.891. The van der Waals surface area contributed by atoms with Gasteiger partial charge in [-0.1, -0.05) is 30.3 Å². The van der Waals surface area contributed by atoms with E-state index in [0.717, 1.165) is 0 Å². The summed E-state index contributed by atoms with van der Waals surface area (Å²) in [6, 6.07) is 8.24. The van der Waals surface area contributed by atoms with Crippen LogP contribution in [0, 0.1) is 11.8 Å². The average Bonchev–Trinajstić information content (AvgIpc) is 2.55. The van der Waals surface area contributed by atoms with Gasteiger partial charge in [-0.25, -0.2) is 4.79 Å². The third kappa shape index (κ3) is 2.35. The highest BCUT2D eigenvalue weighted by atomic mass is 16.6. The van der Waals surface area contributed by atoms with Crippen LogP contribution in [0.4, 0.5) is 0 Å². The highest BCUT2D eigenvalue weighted by Gasteiger charge is 2.62. The van der Waals surface area contributed by atoms with E-state index < -0.39 is 41.3 Å². The van der Waals surface area contributed by atoms with E-state index >= 15 is 0 Å². The molecule has 1 aromatic carbocycles. The molecule has 120 valence electrons. The molecule has 1 aliphatic carbocycles. The Labute approximate surface area is 132 Å². The van der Waals surface area contributed by atoms with Crippen molar-refractivity contribution in [1.82, 2.24) is 0 Å². The Morgan fingerprint density at radius 2 is 2.00 bits per heavy atom. The number of carbonyl (C=O) groups is 3. The van der Waals surface area contributed by atoms with Crippen LogP contribution < -0.4 is 0 Å². The molecule has 1 saturated heterocycles. The first kappa shape index (κ1) is 15.4. The summed E-state index contributed by atoms with van der Waals surface area (Å²) < 4.78 is 10.1. The maximum Gasteiger partial charge on any atom is 0.343 e. The number of rotatable bonds is 4. The summed E-state index contributed by atoms with van der Waals surface area (Å²) in [5.41, 5.74) is -1.84. The second kappa shape index (κ2) is 5.62. The van der Waals surface area contributed by atoms with E-state index in [-0.39, 0.29) is 6.61 Å². The molecule has 0 saturated carbocycles. The number of ether oxygens (including phenoxy) is 2. The summed E-state index contributed by atoms with van der Waals surface area (Å²) in [6.07, 6.45) is 1.76. The molecule has 2 heterocycles. The van der Waals surface area contributed by atoms with E-state index in [0.29, 0.717) is 5.56 Å². The zero-order chi connectivity index (χ0) is 16.6. The van der Waals surface area contributed by atoms with Gasteiger partial charge in [-0.2, -0.15) is 0 Å². The lowest BCUT2D eigenvalue weighted by Crippen LogP contribution is -2.64. The summed E-state index contributed by atoms with van der Waals surface area (Å²) in [5, 5.41) is 10.7. The Balaban J connectivity index is 2.05. The van der Waals surface area contributed by atoms with Gasteiger partial charge < -0.3 is 14.6 Å². The number of benzene rings is 1. The minimum Gasteiger partial charge on any atom is -0.466 e. The summed E-state index contributed by atoms with van der Waals surface area (Å²) >= 11 is 0. The van der Waals surface area contributed by atoms with Crippen molar-refractivity contribution in [2.24, 2.45) is 11.8 Å². The fourth-order valence-corrected chi connectivity index (χ4v) is 3.11. The van der Waals surface area contributed by atoms with Crippen LogP contribution in [0.5, 0.6) is 0 Å². The van der Waals surface area contributed by atoms with Crippen molar-refractivity contribution in [3.8, 4) is 0 Å². The average molecular weight is 316 g/mol. The van der Waals surface area contributed by atoms with Gasteiger partial charge >= 0.3 is 11.9 Å². The number of ketones is 1. The summed E-state index contributed by atoms with van der Waals surface area (Å²) in [7, 11) is 0. The van der Waals surface area contributed by atoms with Crippen LogP contribution in [0.2, 0.25) is 0 Å². The van der Waals surface area contributed by atoms with Crippen LogP contribution in [0.15, 0.2) is 42.5 Å². The number of aliphatic hydroxyl groups is 1. The number of hydrogen-bond donors (Lipinski definition) is 1. The van der Waals surface area contributed by atoms with E-state index in [1.54, 1.807) is 37.3 Å². The maximum atomic E-state index is 12.9. The Kier molecular flexibility index (Phi) is 3.77. The number of fused-ring (bicyclic) bond motifs is 2. The van der Waals surface area contributed by atoms with Crippen molar-refractivity contribution >= 4 is 17.7 Å². The first-order valence-electron chi connectivity index (χ1n) is 7.37. The molecule has 6 nitrogen and oxygen atoms in total. The van der Waals surface area contributed by atoms with Gasteiger partial charge in [-0.15, -0.1) is 0 Å².